The summed E-state index contributed by atoms with van der Waals surface area (Å²) in [5.74, 6) is -0.953. The molecule has 7 nitrogen and oxygen atoms in total. The minimum atomic E-state index is -0.509. The number of carbonyl (C=O) groups excluding carboxylic acids is 1. The molecule has 0 aliphatic heterocycles. The van der Waals surface area contributed by atoms with Crippen molar-refractivity contribution in [3.05, 3.63) is 71.8 Å². The van der Waals surface area contributed by atoms with Gasteiger partial charge >= 0.3 is 0 Å². The normalized spacial score (nSPS) is 11.9. The second-order valence-corrected chi connectivity index (χ2v) is 5.46. The highest BCUT2D eigenvalue weighted by atomic mass is 19.1. The summed E-state index contributed by atoms with van der Waals surface area (Å²) in [5.41, 5.74) is 1.42. The van der Waals surface area contributed by atoms with Crippen molar-refractivity contribution in [3.63, 3.8) is 0 Å². The Labute approximate surface area is 143 Å². The zero-order valence-electron chi connectivity index (χ0n) is 13.2. The van der Waals surface area contributed by atoms with Gasteiger partial charge in [0.15, 0.2) is 0 Å². The van der Waals surface area contributed by atoms with Gasteiger partial charge in [-0.2, -0.15) is 4.68 Å². The summed E-state index contributed by atoms with van der Waals surface area (Å²) in [6.45, 7) is -0.220. The molecule has 0 saturated heterocycles. The number of halogens is 1. The van der Waals surface area contributed by atoms with Gasteiger partial charge in [-0.1, -0.05) is 30.3 Å². The van der Waals surface area contributed by atoms with E-state index in [1.165, 1.54) is 29.2 Å². The van der Waals surface area contributed by atoms with E-state index in [0.717, 1.165) is 5.56 Å². The zero-order chi connectivity index (χ0) is 17.6. The van der Waals surface area contributed by atoms with Gasteiger partial charge < -0.3 is 10.4 Å². The molecule has 8 heteroatoms. The second-order valence-electron chi connectivity index (χ2n) is 5.46. The number of amides is 1. The van der Waals surface area contributed by atoms with Crippen LogP contribution in [0.1, 0.15) is 15.9 Å². The van der Waals surface area contributed by atoms with Crippen LogP contribution < -0.4 is 5.32 Å². The van der Waals surface area contributed by atoms with Gasteiger partial charge in [-0.25, -0.2) is 4.39 Å². The number of aromatic nitrogens is 4. The SMILES string of the molecule is O=C(NC(CO)Cc1ccccc1)c1ccc(F)cc1-n1cnnn1. The third-order valence-electron chi connectivity index (χ3n) is 3.68. The van der Waals surface area contributed by atoms with E-state index >= 15 is 0 Å². The van der Waals surface area contributed by atoms with Crippen molar-refractivity contribution < 1.29 is 14.3 Å². The van der Waals surface area contributed by atoms with Crippen LogP contribution in [0.4, 0.5) is 4.39 Å². The maximum absolute atomic E-state index is 13.6. The van der Waals surface area contributed by atoms with Gasteiger partial charge in [0.05, 0.1) is 23.9 Å². The molecule has 1 unspecified atom stereocenters. The van der Waals surface area contributed by atoms with E-state index in [2.05, 4.69) is 20.8 Å². The van der Waals surface area contributed by atoms with Gasteiger partial charge in [0, 0.05) is 6.07 Å². The van der Waals surface area contributed by atoms with Crippen molar-refractivity contribution in [1.29, 1.82) is 0 Å². The summed E-state index contributed by atoms with van der Waals surface area (Å²) in [4.78, 5) is 12.6. The van der Waals surface area contributed by atoms with E-state index < -0.39 is 17.8 Å². The van der Waals surface area contributed by atoms with E-state index in [1.54, 1.807) is 0 Å². The molecule has 2 N–H and O–H groups in total. The fraction of sp³-hybridized carbons (Fsp3) is 0.176. The number of nitrogens with zero attached hydrogens (tertiary/aromatic N) is 4. The van der Waals surface area contributed by atoms with Crippen LogP contribution in [0.5, 0.6) is 0 Å². The average Bonchev–Trinajstić information content (AvgIpc) is 3.16. The molecule has 1 aromatic heterocycles. The molecule has 3 aromatic rings. The summed E-state index contributed by atoms with van der Waals surface area (Å²) in [7, 11) is 0. The molecule has 0 aliphatic carbocycles. The summed E-state index contributed by atoms with van der Waals surface area (Å²) < 4.78 is 14.8. The Bertz CT molecular complexity index is 840. The lowest BCUT2D eigenvalue weighted by Gasteiger charge is -2.17. The van der Waals surface area contributed by atoms with E-state index in [0.29, 0.717) is 6.42 Å². The first kappa shape index (κ1) is 16.7. The highest BCUT2D eigenvalue weighted by molar-refractivity contribution is 5.97. The molecule has 0 radical (unpaired) electrons. The fourth-order valence-electron chi connectivity index (χ4n) is 2.48. The summed E-state index contributed by atoms with van der Waals surface area (Å²) in [5, 5.41) is 23.0. The number of benzene rings is 2. The Morgan fingerprint density at radius 2 is 2.04 bits per heavy atom. The number of aliphatic hydroxyl groups excluding tert-OH is 1. The van der Waals surface area contributed by atoms with E-state index in [-0.39, 0.29) is 17.9 Å². The first-order valence-corrected chi connectivity index (χ1v) is 7.66. The lowest BCUT2D eigenvalue weighted by Crippen LogP contribution is -2.39. The van der Waals surface area contributed by atoms with Gasteiger partial charge in [0.2, 0.25) is 0 Å². The van der Waals surface area contributed by atoms with Crippen molar-refractivity contribution in [3.8, 4) is 5.69 Å². The van der Waals surface area contributed by atoms with Crippen molar-refractivity contribution >= 4 is 5.91 Å². The number of hydrogen-bond acceptors (Lipinski definition) is 5. The minimum Gasteiger partial charge on any atom is -0.394 e. The van der Waals surface area contributed by atoms with E-state index in [4.69, 9.17) is 0 Å². The number of rotatable bonds is 6. The molecule has 3 rings (SSSR count). The van der Waals surface area contributed by atoms with Crippen LogP contribution in [-0.2, 0) is 6.42 Å². The molecule has 2 aromatic carbocycles. The van der Waals surface area contributed by atoms with Crippen molar-refractivity contribution in [2.45, 2.75) is 12.5 Å². The molecule has 0 aliphatic rings. The molecule has 0 saturated carbocycles. The Morgan fingerprint density at radius 1 is 1.24 bits per heavy atom. The van der Waals surface area contributed by atoms with Gasteiger partial charge in [0.25, 0.3) is 5.91 Å². The van der Waals surface area contributed by atoms with E-state index in [9.17, 15) is 14.3 Å². The first-order valence-electron chi connectivity index (χ1n) is 7.66. The monoisotopic (exact) mass is 341 g/mol. The van der Waals surface area contributed by atoms with Crippen LogP contribution >= 0.6 is 0 Å². The molecule has 1 atom stereocenters. The van der Waals surface area contributed by atoms with Crippen LogP contribution in [0.2, 0.25) is 0 Å². The maximum Gasteiger partial charge on any atom is 0.253 e. The smallest absolute Gasteiger partial charge is 0.253 e. The Kier molecular flexibility index (Phi) is 5.10. The second kappa shape index (κ2) is 7.63. The Balaban J connectivity index is 1.81. The van der Waals surface area contributed by atoms with E-state index in [1.807, 2.05) is 30.3 Å². The highest BCUT2D eigenvalue weighted by Gasteiger charge is 2.18. The largest absolute Gasteiger partial charge is 0.394 e. The first-order chi connectivity index (χ1) is 12.2. The summed E-state index contributed by atoms with van der Waals surface area (Å²) in [6.07, 6.45) is 1.75. The maximum atomic E-state index is 13.6. The number of aliphatic hydroxyl groups is 1. The number of carbonyl (C=O) groups is 1. The fourth-order valence-corrected chi connectivity index (χ4v) is 2.48. The quantitative estimate of drug-likeness (QED) is 0.701. The molecule has 0 fully saturated rings. The Morgan fingerprint density at radius 3 is 2.72 bits per heavy atom. The highest BCUT2D eigenvalue weighted by Crippen LogP contribution is 2.15. The predicted molar refractivity (Wildman–Crippen MR) is 87.6 cm³/mol. The molecule has 0 bridgehead atoms. The van der Waals surface area contributed by atoms with Gasteiger partial charge in [-0.15, -0.1) is 5.10 Å². The van der Waals surface area contributed by atoms with Crippen LogP contribution in [0.3, 0.4) is 0 Å². The average molecular weight is 341 g/mol. The molecule has 25 heavy (non-hydrogen) atoms. The van der Waals surface area contributed by atoms with Crippen molar-refractivity contribution in [2.75, 3.05) is 6.61 Å². The zero-order valence-corrected chi connectivity index (χ0v) is 13.2. The topological polar surface area (TPSA) is 92.9 Å². The number of hydrogen-bond donors (Lipinski definition) is 2. The van der Waals surface area contributed by atoms with Crippen LogP contribution in [0.25, 0.3) is 5.69 Å². The molecular formula is C17H16FN5O2. The van der Waals surface area contributed by atoms with Crippen molar-refractivity contribution in [2.24, 2.45) is 0 Å². The number of tetrazole rings is 1. The summed E-state index contributed by atoms with van der Waals surface area (Å²) in [6, 6.07) is 12.8. The molecule has 128 valence electrons. The standard InChI is InChI=1S/C17H16FN5O2/c18-13-6-7-15(16(9-13)23-11-19-21-22-23)17(25)20-14(10-24)8-12-4-2-1-3-5-12/h1-7,9,11,14,24H,8,10H2,(H,20,25). The third kappa shape index (κ3) is 4.04. The number of nitrogens with one attached hydrogen (secondary N) is 1. The van der Waals surface area contributed by atoms with Gasteiger partial charge in [-0.05, 0) is 34.5 Å². The summed E-state index contributed by atoms with van der Waals surface area (Å²) >= 11 is 0. The third-order valence-corrected chi connectivity index (χ3v) is 3.68. The lowest BCUT2D eigenvalue weighted by molar-refractivity contribution is 0.0916. The molecule has 0 spiro atoms. The molecule has 1 heterocycles. The van der Waals surface area contributed by atoms with Gasteiger partial charge in [0.1, 0.15) is 12.1 Å². The molecule has 1 amide bonds. The Hall–Kier alpha value is -3.13. The van der Waals surface area contributed by atoms with Crippen molar-refractivity contribution in [1.82, 2.24) is 25.5 Å². The molecular weight excluding hydrogens is 325 g/mol. The van der Waals surface area contributed by atoms with Crippen LogP contribution in [-0.4, -0.2) is 43.9 Å². The van der Waals surface area contributed by atoms with Gasteiger partial charge in [-0.3, -0.25) is 4.79 Å². The minimum absolute atomic E-state index is 0.209. The lowest BCUT2D eigenvalue weighted by atomic mass is 10.1. The predicted octanol–water partition coefficient (Wildman–Crippen LogP) is 1.13. The van der Waals surface area contributed by atoms with Crippen LogP contribution in [0.15, 0.2) is 54.9 Å². The van der Waals surface area contributed by atoms with Crippen LogP contribution in [0, 0.1) is 5.82 Å².